The highest BCUT2D eigenvalue weighted by Gasteiger charge is 2.18. The van der Waals surface area contributed by atoms with E-state index in [0.717, 1.165) is 15.2 Å². The molecule has 0 bridgehead atoms. The van der Waals surface area contributed by atoms with Gasteiger partial charge in [0.15, 0.2) is 0 Å². The van der Waals surface area contributed by atoms with Gasteiger partial charge in [0.1, 0.15) is 5.82 Å². The minimum atomic E-state index is -3.79. The SMILES string of the molecule is Cc1cc(I)ccc1NS(=O)(=O)c1cc(F)ccc1C. The molecule has 20 heavy (non-hydrogen) atoms. The number of sulfonamides is 1. The van der Waals surface area contributed by atoms with Crippen molar-refractivity contribution in [2.75, 3.05) is 4.72 Å². The first-order valence-electron chi connectivity index (χ1n) is 5.85. The van der Waals surface area contributed by atoms with Crippen LogP contribution in [-0.2, 0) is 10.0 Å². The third-order valence-electron chi connectivity index (χ3n) is 2.87. The minimum absolute atomic E-state index is 0.0459. The molecule has 1 N–H and O–H groups in total. The molecule has 0 saturated carbocycles. The standard InChI is InChI=1S/C14H13FINO2S/c1-9-3-4-11(15)8-14(9)20(18,19)17-13-6-5-12(16)7-10(13)2/h3-8,17H,1-2H3. The van der Waals surface area contributed by atoms with Gasteiger partial charge < -0.3 is 0 Å². The van der Waals surface area contributed by atoms with E-state index in [9.17, 15) is 12.8 Å². The maximum absolute atomic E-state index is 13.3. The molecule has 0 aliphatic carbocycles. The monoisotopic (exact) mass is 405 g/mol. The molecule has 0 aliphatic heterocycles. The lowest BCUT2D eigenvalue weighted by molar-refractivity contribution is 0.594. The van der Waals surface area contributed by atoms with Gasteiger partial charge >= 0.3 is 0 Å². The Labute approximate surface area is 131 Å². The van der Waals surface area contributed by atoms with Crippen LogP contribution in [0.4, 0.5) is 10.1 Å². The molecule has 2 aromatic carbocycles. The highest BCUT2D eigenvalue weighted by Crippen LogP contribution is 2.23. The molecule has 0 fully saturated rings. The lowest BCUT2D eigenvalue weighted by Crippen LogP contribution is -2.15. The fourth-order valence-electron chi connectivity index (χ4n) is 1.80. The van der Waals surface area contributed by atoms with Crippen LogP contribution in [0.2, 0.25) is 0 Å². The summed E-state index contributed by atoms with van der Waals surface area (Å²) >= 11 is 2.15. The third kappa shape index (κ3) is 3.29. The Morgan fingerprint density at radius 3 is 2.40 bits per heavy atom. The summed E-state index contributed by atoms with van der Waals surface area (Å²) < 4.78 is 41.4. The zero-order valence-corrected chi connectivity index (χ0v) is 13.9. The van der Waals surface area contributed by atoms with Crippen LogP contribution in [0.25, 0.3) is 0 Å². The van der Waals surface area contributed by atoms with Gasteiger partial charge in [0.05, 0.1) is 10.6 Å². The molecule has 0 saturated heterocycles. The molecular weight excluding hydrogens is 392 g/mol. The smallest absolute Gasteiger partial charge is 0.262 e. The van der Waals surface area contributed by atoms with Crippen molar-refractivity contribution in [3.8, 4) is 0 Å². The van der Waals surface area contributed by atoms with E-state index < -0.39 is 15.8 Å². The Kier molecular flexibility index (Phi) is 4.33. The zero-order chi connectivity index (χ0) is 14.9. The molecule has 0 radical (unpaired) electrons. The molecule has 0 unspecified atom stereocenters. The molecule has 0 atom stereocenters. The van der Waals surface area contributed by atoms with Crippen LogP contribution in [0.1, 0.15) is 11.1 Å². The van der Waals surface area contributed by atoms with Gasteiger partial charge in [0.2, 0.25) is 0 Å². The van der Waals surface area contributed by atoms with Crippen LogP contribution in [0.5, 0.6) is 0 Å². The fourth-order valence-corrected chi connectivity index (χ4v) is 3.84. The lowest BCUT2D eigenvalue weighted by Gasteiger charge is -2.12. The van der Waals surface area contributed by atoms with Gasteiger partial charge in [0.25, 0.3) is 10.0 Å². The first-order chi connectivity index (χ1) is 9.29. The Morgan fingerprint density at radius 1 is 1.05 bits per heavy atom. The summed E-state index contributed by atoms with van der Waals surface area (Å²) in [6, 6.07) is 9.10. The summed E-state index contributed by atoms with van der Waals surface area (Å²) in [7, 11) is -3.79. The second-order valence-corrected chi connectivity index (χ2v) is 7.37. The van der Waals surface area contributed by atoms with Crippen LogP contribution in [0.15, 0.2) is 41.3 Å². The molecule has 106 valence electrons. The molecule has 2 rings (SSSR count). The summed E-state index contributed by atoms with van der Waals surface area (Å²) in [5.41, 5.74) is 1.81. The van der Waals surface area contributed by atoms with Crippen LogP contribution >= 0.6 is 22.6 Å². The number of hydrogen-bond acceptors (Lipinski definition) is 2. The molecule has 0 spiro atoms. The van der Waals surface area contributed by atoms with E-state index >= 15 is 0 Å². The van der Waals surface area contributed by atoms with Crippen molar-refractivity contribution in [3.05, 3.63) is 56.9 Å². The second kappa shape index (κ2) is 5.69. The maximum Gasteiger partial charge on any atom is 0.262 e. The van der Waals surface area contributed by atoms with Crippen molar-refractivity contribution in [2.45, 2.75) is 18.7 Å². The average Bonchev–Trinajstić information content (AvgIpc) is 2.35. The Morgan fingerprint density at radius 2 is 1.75 bits per heavy atom. The topological polar surface area (TPSA) is 46.2 Å². The maximum atomic E-state index is 13.3. The van der Waals surface area contributed by atoms with E-state index in [4.69, 9.17) is 0 Å². The van der Waals surface area contributed by atoms with E-state index in [-0.39, 0.29) is 4.90 Å². The Bertz CT molecular complexity index is 760. The number of rotatable bonds is 3. The molecule has 0 heterocycles. The van der Waals surface area contributed by atoms with Gasteiger partial charge in [-0.15, -0.1) is 0 Å². The van der Waals surface area contributed by atoms with Crippen molar-refractivity contribution >= 4 is 38.3 Å². The predicted octanol–water partition coefficient (Wildman–Crippen LogP) is 3.85. The van der Waals surface area contributed by atoms with Gasteiger partial charge in [-0.05, 0) is 77.9 Å². The zero-order valence-electron chi connectivity index (χ0n) is 10.9. The predicted molar refractivity (Wildman–Crippen MR) is 85.8 cm³/mol. The van der Waals surface area contributed by atoms with Crippen LogP contribution in [0, 0.1) is 23.2 Å². The first kappa shape index (κ1) is 15.2. The van der Waals surface area contributed by atoms with Gasteiger partial charge in [-0.1, -0.05) is 6.07 Å². The van der Waals surface area contributed by atoms with Crippen LogP contribution in [0.3, 0.4) is 0 Å². The van der Waals surface area contributed by atoms with Gasteiger partial charge in [-0.3, -0.25) is 4.72 Å². The van der Waals surface area contributed by atoms with E-state index in [2.05, 4.69) is 27.3 Å². The molecule has 0 amide bonds. The van der Waals surface area contributed by atoms with Gasteiger partial charge in [-0.25, -0.2) is 12.8 Å². The molecule has 0 aromatic heterocycles. The second-order valence-electron chi connectivity index (χ2n) is 4.47. The van der Waals surface area contributed by atoms with E-state index in [0.29, 0.717) is 11.3 Å². The quantitative estimate of drug-likeness (QED) is 0.789. The molecule has 2 aromatic rings. The highest BCUT2D eigenvalue weighted by molar-refractivity contribution is 14.1. The largest absolute Gasteiger partial charge is 0.279 e. The third-order valence-corrected chi connectivity index (χ3v) is 5.05. The number of benzene rings is 2. The Hall–Kier alpha value is -1.15. The number of hydrogen-bond donors (Lipinski definition) is 1. The van der Waals surface area contributed by atoms with Crippen LogP contribution < -0.4 is 4.72 Å². The van der Waals surface area contributed by atoms with Crippen LogP contribution in [-0.4, -0.2) is 8.42 Å². The average molecular weight is 405 g/mol. The normalized spacial score (nSPS) is 11.4. The minimum Gasteiger partial charge on any atom is -0.279 e. The van der Waals surface area contributed by atoms with E-state index in [1.807, 2.05) is 19.1 Å². The summed E-state index contributed by atoms with van der Waals surface area (Å²) in [5, 5.41) is 0. The number of halogens is 2. The number of anilines is 1. The number of aryl methyl sites for hydroxylation is 2. The molecule has 3 nitrogen and oxygen atoms in total. The molecule has 6 heteroatoms. The van der Waals surface area contributed by atoms with Crippen molar-refractivity contribution in [1.29, 1.82) is 0 Å². The fraction of sp³-hybridized carbons (Fsp3) is 0.143. The molecular formula is C14H13FINO2S. The Balaban J connectivity index is 2.43. The van der Waals surface area contributed by atoms with Crippen molar-refractivity contribution in [2.24, 2.45) is 0 Å². The number of nitrogens with one attached hydrogen (secondary N) is 1. The van der Waals surface area contributed by atoms with Gasteiger partial charge in [-0.2, -0.15) is 0 Å². The van der Waals surface area contributed by atoms with E-state index in [1.165, 1.54) is 12.1 Å². The summed E-state index contributed by atoms with van der Waals surface area (Å²) in [4.78, 5) is -0.0459. The summed E-state index contributed by atoms with van der Waals surface area (Å²) in [6.07, 6.45) is 0. The summed E-state index contributed by atoms with van der Waals surface area (Å²) in [6.45, 7) is 3.45. The van der Waals surface area contributed by atoms with Crippen molar-refractivity contribution < 1.29 is 12.8 Å². The van der Waals surface area contributed by atoms with Crippen molar-refractivity contribution in [3.63, 3.8) is 0 Å². The van der Waals surface area contributed by atoms with Crippen molar-refractivity contribution in [1.82, 2.24) is 0 Å². The first-order valence-corrected chi connectivity index (χ1v) is 8.41. The highest BCUT2D eigenvalue weighted by atomic mass is 127. The van der Waals surface area contributed by atoms with E-state index in [1.54, 1.807) is 13.0 Å². The lowest BCUT2D eigenvalue weighted by atomic mass is 10.2. The van der Waals surface area contributed by atoms with Gasteiger partial charge in [0, 0.05) is 3.57 Å². The molecule has 0 aliphatic rings. The summed E-state index contributed by atoms with van der Waals surface area (Å²) in [5.74, 6) is -0.574.